The molecule has 0 fully saturated rings. The Hall–Kier alpha value is -2.63. The standard InChI is InChI=1S/C13H14N4O2/c1-19-10-4-2-3-9(7-10)8-15-13(18)11-5-6-12(14)17-16-11/h2-7H,8H2,1H3,(H2,14,17)(H,15,18). The van der Waals surface area contributed by atoms with Crippen LogP contribution in [-0.2, 0) is 6.54 Å². The summed E-state index contributed by atoms with van der Waals surface area (Å²) in [6.07, 6.45) is 0. The lowest BCUT2D eigenvalue weighted by Gasteiger charge is -2.06. The van der Waals surface area contributed by atoms with Crippen molar-refractivity contribution in [3.63, 3.8) is 0 Å². The van der Waals surface area contributed by atoms with Crippen molar-refractivity contribution in [3.8, 4) is 5.75 Å². The second-order valence-electron chi connectivity index (χ2n) is 3.88. The van der Waals surface area contributed by atoms with E-state index in [0.717, 1.165) is 11.3 Å². The molecule has 0 saturated carbocycles. The fourth-order valence-electron chi connectivity index (χ4n) is 1.52. The van der Waals surface area contributed by atoms with E-state index in [2.05, 4.69) is 15.5 Å². The largest absolute Gasteiger partial charge is 0.497 e. The van der Waals surface area contributed by atoms with E-state index in [-0.39, 0.29) is 17.4 Å². The van der Waals surface area contributed by atoms with Crippen molar-refractivity contribution in [2.45, 2.75) is 6.54 Å². The lowest BCUT2D eigenvalue weighted by molar-refractivity contribution is 0.0945. The van der Waals surface area contributed by atoms with E-state index in [1.54, 1.807) is 7.11 Å². The topological polar surface area (TPSA) is 90.1 Å². The number of rotatable bonds is 4. The number of anilines is 1. The van der Waals surface area contributed by atoms with Gasteiger partial charge in [-0.1, -0.05) is 12.1 Å². The van der Waals surface area contributed by atoms with Crippen LogP contribution in [0.2, 0.25) is 0 Å². The van der Waals surface area contributed by atoms with Crippen molar-refractivity contribution in [1.29, 1.82) is 0 Å². The summed E-state index contributed by atoms with van der Waals surface area (Å²) >= 11 is 0. The molecule has 0 saturated heterocycles. The number of amides is 1. The number of hydrogen-bond acceptors (Lipinski definition) is 5. The summed E-state index contributed by atoms with van der Waals surface area (Å²) in [7, 11) is 1.60. The lowest BCUT2D eigenvalue weighted by Crippen LogP contribution is -2.24. The Bertz CT molecular complexity index is 569. The van der Waals surface area contributed by atoms with E-state index >= 15 is 0 Å². The molecule has 1 heterocycles. The van der Waals surface area contributed by atoms with Crippen molar-refractivity contribution in [1.82, 2.24) is 15.5 Å². The number of nitrogens with one attached hydrogen (secondary N) is 1. The summed E-state index contributed by atoms with van der Waals surface area (Å²) in [6, 6.07) is 10.5. The van der Waals surface area contributed by atoms with Gasteiger partial charge in [-0.3, -0.25) is 4.79 Å². The van der Waals surface area contributed by atoms with Gasteiger partial charge in [-0.2, -0.15) is 0 Å². The number of methoxy groups -OCH3 is 1. The first-order chi connectivity index (χ1) is 9.19. The number of aromatic nitrogens is 2. The third-order valence-corrected chi connectivity index (χ3v) is 2.51. The predicted molar refractivity (Wildman–Crippen MR) is 70.6 cm³/mol. The maximum atomic E-state index is 11.8. The molecule has 0 aliphatic rings. The van der Waals surface area contributed by atoms with Gasteiger partial charge in [-0.15, -0.1) is 10.2 Å². The highest BCUT2D eigenvalue weighted by Gasteiger charge is 2.07. The molecule has 2 rings (SSSR count). The Labute approximate surface area is 110 Å². The second-order valence-corrected chi connectivity index (χ2v) is 3.88. The molecule has 98 valence electrons. The van der Waals surface area contributed by atoms with Crippen LogP contribution >= 0.6 is 0 Å². The molecule has 0 bridgehead atoms. The van der Waals surface area contributed by atoms with Crippen molar-refractivity contribution in [3.05, 3.63) is 47.7 Å². The average Bonchev–Trinajstić information content (AvgIpc) is 2.46. The molecule has 3 N–H and O–H groups in total. The number of hydrogen-bond donors (Lipinski definition) is 2. The van der Waals surface area contributed by atoms with Gasteiger partial charge in [0.05, 0.1) is 7.11 Å². The lowest BCUT2D eigenvalue weighted by atomic mass is 10.2. The van der Waals surface area contributed by atoms with E-state index in [1.807, 2.05) is 24.3 Å². The highest BCUT2D eigenvalue weighted by atomic mass is 16.5. The minimum atomic E-state index is -0.296. The number of carbonyl (C=O) groups excluding carboxylic acids is 1. The van der Waals surface area contributed by atoms with Gasteiger partial charge in [0.15, 0.2) is 5.69 Å². The van der Waals surface area contributed by atoms with E-state index in [4.69, 9.17) is 10.5 Å². The Kier molecular flexibility index (Phi) is 3.92. The molecule has 6 nitrogen and oxygen atoms in total. The molecule has 0 unspecified atom stereocenters. The summed E-state index contributed by atoms with van der Waals surface area (Å²) < 4.78 is 5.11. The minimum Gasteiger partial charge on any atom is -0.497 e. The smallest absolute Gasteiger partial charge is 0.272 e. The van der Waals surface area contributed by atoms with E-state index < -0.39 is 0 Å². The molecule has 6 heteroatoms. The van der Waals surface area contributed by atoms with Gasteiger partial charge in [0.25, 0.3) is 5.91 Å². The Balaban J connectivity index is 1.98. The molecular weight excluding hydrogens is 244 g/mol. The summed E-state index contributed by atoms with van der Waals surface area (Å²) in [5.74, 6) is 0.735. The van der Waals surface area contributed by atoms with Crippen molar-refractivity contribution in [2.24, 2.45) is 0 Å². The van der Waals surface area contributed by atoms with Crippen LogP contribution in [0.3, 0.4) is 0 Å². The SMILES string of the molecule is COc1cccc(CNC(=O)c2ccc(N)nn2)c1. The summed E-state index contributed by atoms with van der Waals surface area (Å²) in [5, 5.41) is 10.1. The Morgan fingerprint density at radius 3 is 2.84 bits per heavy atom. The van der Waals surface area contributed by atoms with Crippen LogP contribution in [0.5, 0.6) is 5.75 Å². The molecule has 0 spiro atoms. The van der Waals surface area contributed by atoms with Crippen molar-refractivity contribution < 1.29 is 9.53 Å². The average molecular weight is 258 g/mol. The van der Waals surface area contributed by atoms with Crippen LogP contribution in [0.25, 0.3) is 0 Å². The quantitative estimate of drug-likeness (QED) is 0.853. The predicted octanol–water partition coefficient (Wildman–Crippen LogP) is 0.997. The molecule has 0 aliphatic carbocycles. The molecule has 0 aliphatic heterocycles. The van der Waals surface area contributed by atoms with Crippen molar-refractivity contribution in [2.75, 3.05) is 12.8 Å². The molecule has 1 amide bonds. The zero-order valence-corrected chi connectivity index (χ0v) is 10.5. The van der Waals surface area contributed by atoms with Gasteiger partial charge in [0.2, 0.25) is 0 Å². The molecule has 2 aromatic rings. The number of carbonyl (C=O) groups is 1. The molecule has 0 radical (unpaired) electrons. The normalized spacial score (nSPS) is 9.95. The fraction of sp³-hybridized carbons (Fsp3) is 0.154. The van der Waals surface area contributed by atoms with Crippen LogP contribution < -0.4 is 15.8 Å². The number of nitrogens with two attached hydrogens (primary N) is 1. The molecule has 1 aromatic carbocycles. The zero-order valence-electron chi connectivity index (χ0n) is 10.5. The molecule has 1 aromatic heterocycles. The van der Waals surface area contributed by atoms with Gasteiger partial charge < -0.3 is 15.8 Å². The van der Waals surface area contributed by atoms with Crippen LogP contribution in [0, 0.1) is 0 Å². The maximum Gasteiger partial charge on any atom is 0.272 e. The maximum absolute atomic E-state index is 11.8. The first kappa shape index (κ1) is 12.8. The third-order valence-electron chi connectivity index (χ3n) is 2.51. The molecular formula is C13H14N4O2. The highest BCUT2D eigenvalue weighted by Crippen LogP contribution is 2.12. The third kappa shape index (κ3) is 3.41. The van der Waals surface area contributed by atoms with Gasteiger partial charge in [0.1, 0.15) is 11.6 Å². The number of nitrogen functional groups attached to an aromatic ring is 1. The molecule has 19 heavy (non-hydrogen) atoms. The van der Waals surface area contributed by atoms with E-state index in [1.165, 1.54) is 12.1 Å². The number of ether oxygens (including phenoxy) is 1. The van der Waals surface area contributed by atoms with E-state index in [0.29, 0.717) is 6.54 Å². The Morgan fingerprint density at radius 1 is 1.32 bits per heavy atom. The summed E-state index contributed by atoms with van der Waals surface area (Å²) in [6.45, 7) is 0.391. The van der Waals surface area contributed by atoms with E-state index in [9.17, 15) is 4.79 Å². The summed E-state index contributed by atoms with van der Waals surface area (Å²) in [4.78, 5) is 11.8. The van der Waals surface area contributed by atoms with Crippen LogP contribution in [-0.4, -0.2) is 23.2 Å². The van der Waals surface area contributed by atoms with Crippen LogP contribution in [0.15, 0.2) is 36.4 Å². The second kappa shape index (κ2) is 5.81. The minimum absolute atomic E-state index is 0.233. The summed E-state index contributed by atoms with van der Waals surface area (Å²) in [5.41, 5.74) is 6.58. The number of benzene rings is 1. The fourth-order valence-corrected chi connectivity index (χ4v) is 1.52. The monoisotopic (exact) mass is 258 g/mol. The zero-order chi connectivity index (χ0) is 13.7. The molecule has 0 atom stereocenters. The highest BCUT2D eigenvalue weighted by molar-refractivity contribution is 5.92. The van der Waals surface area contributed by atoms with Gasteiger partial charge in [-0.25, -0.2) is 0 Å². The number of nitrogens with zero attached hydrogens (tertiary/aromatic N) is 2. The first-order valence-corrected chi connectivity index (χ1v) is 5.69. The van der Waals surface area contributed by atoms with Gasteiger partial charge in [0, 0.05) is 6.54 Å². The van der Waals surface area contributed by atoms with Gasteiger partial charge >= 0.3 is 0 Å². The van der Waals surface area contributed by atoms with Crippen LogP contribution in [0.1, 0.15) is 16.1 Å². The first-order valence-electron chi connectivity index (χ1n) is 5.69. The van der Waals surface area contributed by atoms with Crippen molar-refractivity contribution >= 4 is 11.7 Å². The van der Waals surface area contributed by atoms with Gasteiger partial charge in [-0.05, 0) is 29.8 Å². The Morgan fingerprint density at radius 2 is 2.16 bits per heavy atom. The van der Waals surface area contributed by atoms with Crippen LogP contribution in [0.4, 0.5) is 5.82 Å².